The normalized spacial score (nSPS) is 31.4. The molecule has 8 nitrogen and oxygen atoms in total. The highest BCUT2D eigenvalue weighted by Gasteiger charge is 2.74. The summed E-state index contributed by atoms with van der Waals surface area (Å²) in [6.07, 6.45) is 1.64. The fourth-order valence-electron chi connectivity index (χ4n) is 6.67. The molecule has 33 heavy (non-hydrogen) atoms. The second-order valence-corrected chi connectivity index (χ2v) is 9.68. The molecule has 3 fully saturated rings. The summed E-state index contributed by atoms with van der Waals surface area (Å²) in [7, 11) is 0. The molecular weight excluding hydrogens is 446 g/mol. The molecule has 1 N–H and O–H groups in total. The number of hydrogen-bond donors (Lipinski definition) is 1. The van der Waals surface area contributed by atoms with Gasteiger partial charge in [0.1, 0.15) is 5.54 Å². The monoisotopic (exact) mass is 465 g/mol. The van der Waals surface area contributed by atoms with Gasteiger partial charge in [-0.2, -0.15) is 0 Å². The van der Waals surface area contributed by atoms with E-state index in [0.717, 1.165) is 24.0 Å². The summed E-state index contributed by atoms with van der Waals surface area (Å²) < 4.78 is 10.8. The molecule has 0 bridgehead atoms. The van der Waals surface area contributed by atoms with Gasteiger partial charge in [0, 0.05) is 22.7 Å². The minimum Gasteiger partial charge on any atom is -0.454 e. The van der Waals surface area contributed by atoms with E-state index in [9.17, 15) is 14.4 Å². The predicted octanol–water partition coefficient (Wildman–Crippen LogP) is 2.81. The van der Waals surface area contributed by atoms with Crippen LogP contribution in [-0.4, -0.2) is 42.0 Å². The van der Waals surface area contributed by atoms with Crippen molar-refractivity contribution in [3.63, 3.8) is 0 Å². The molecule has 168 valence electrons. The fourth-order valence-corrected chi connectivity index (χ4v) is 6.83. The van der Waals surface area contributed by atoms with Gasteiger partial charge in [0.05, 0.1) is 23.2 Å². The summed E-state index contributed by atoms with van der Waals surface area (Å²) in [4.78, 5) is 44.8. The van der Waals surface area contributed by atoms with Crippen LogP contribution in [0.15, 0.2) is 30.3 Å². The maximum Gasteiger partial charge on any atom is 0.250 e. The minimum atomic E-state index is -1.21. The highest BCUT2D eigenvalue weighted by molar-refractivity contribution is 6.32. The molecule has 0 aromatic heterocycles. The van der Waals surface area contributed by atoms with Crippen LogP contribution in [0.4, 0.5) is 11.4 Å². The number of nitrogens with one attached hydrogen (secondary N) is 1. The van der Waals surface area contributed by atoms with Gasteiger partial charge < -0.3 is 14.8 Å². The van der Waals surface area contributed by atoms with Gasteiger partial charge in [-0.15, -0.1) is 0 Å². The molecule has 0 aliphatic carbocycles. The summed E-state index contributed by atoms with van der Waals surface area (Å²) in [5, 5.41) is 3.56. The van der Waals surface area contributed by atoms with E-state index in [2.05, 4.69) is 10.2 Å². The Morgan fingerprint density at radius 1 is 1.09 bits per heavy atom. The number of hydrogen-bond acceptors (Lipinski definition) is 6. The average Bonchev–Trinajstić information content (AvgIpc) is 3.57. The van der Waals surface area contributed by atoms with Crippen molar-refractivity contribution in [1.82, 2.24) is 4.90 Å². The number of nitrogens with zero attached hydrogens (tertiary/aromatic N) is 2. The number of ether oxygens (including phenoxy) is 2. The van der Waals surface area contributed by atoms with Crippen LogP contribution >= 0.6 is 11.6 Å². The molecule has 7 rings (SSSR count). The van der Waals surface area contributed by atoms with Crippen molar-refractivity contribution in [1.29, 1.82) is 0 Å². The summed E-state index contributed by atoms with van der Waals surface area (Å²) in [5.74, 6) is -1.18. The SMILES string of the molecule is Cc1c(Cl)ccc2c1NC(=O)[C@]21[C@H]2C(=O)N(c3ccc4c(c3)OCO4)C(=O)[C@@H]2[C@H]2CCCN21. The Bertz CT molecular complexity index is 1300. The largest absolute Gasteiger partial charge is 0.454 e. The van der Waals surface area contributed by atoms with Crippen LogP contribution in [0, 0.1) is 18.8 Å². The first kappa shape index (κ1) is 19.4. The predicted molar refractivity (Wildman–Crippen MR) is 118 cm³/mol. The molecule has 5 heterocycles. The van der Waals surface area contributed by atoms with Crippen molar-refractivity contribution in [2.45, 2.75) is 31.3 Å². The first-order valence-electron chi connectivity index (χ1n) is 11.1. The molecule has 4 atom stereocenters. The van der Waals surface area contributed by atoms with Crippen LogP contribution in [0.25, 0.3) is 0 Å². The lowest BCUT2D eigenvalue weighted by molar-refractivity contribution is -0.135. The zero-order valence-electron chi connectivity index (χ0n) is 17.8. The van der Waals surface area contributed by atoms with E-state index in [-0.39, 0.29) is 30.6 Å². The van der Waals surface area contributed by atoms with E-state index in [1.54, 1.807) is 24.3 Å². The van der Waals surface area contributed by atoms with Crippen molar-refractivity contribution in [2.75, 3.05) is 23.6 Å². The van der Waals surface area contributed by atoms with Crippen molar-refractivity contribution < 1.29 is 23.9 Å². The number of imide groups is 1. The number of carbonyl (C=O) groups is 3. The Labute approximate surface area is 194 Å². The van der Waals surface area contributed by atoms with Crippen LogP contribution in [0.3, 0.4) is 0 Å². The van der Waals surface area contributed by atoms with E-state index >= 15 is 0 Å². The summed E-state index contributed by atoms with van der Waals surface area (Å²) in [5.41, 5.74) is 1.38. The smallest absolute Gasteiger partial charge is 0.250 e. The minimum absolute atomic E-state index is 0.102. The lowest BCUT2D eigenvalue weighted by Gasteiger charge is -2.36. The van der Waals surface area contributed by atoms with Crippen molar-refractivity contribution in [3.8, 4) is 11.5 Å². The van der Waals surface area contributed by atoms with Gasteiger partial charge in [-0.3, -0.25) is 19.3 Å². The Morgan fingerprint density at radius 3 is 2.76 bits per heavy atom. The Kier molecular flexibility index (Phi) is 3.68. The molecule has 2 aromatic rings. The zero-order chi connectivity index (χ0) is 22.6. The highest BCUT2D eigenvalue weighted by Crippen LogP contribution is 2.61. The van der Waals surface area contributed by atoms with Crippen LogP contribution in [-0.2, 0) is 19.9 Å². The van der Waals surface area contributed by atoms with Gasteiger partial charge in [-0.05, 0) is 50.1 Å². The van der Waals surface area contributed by atoms with Crippen LogP contribution in [0.5, 0.6) is 11.5 Å². The van der Waals surface area contributed by atoms with E-state index in [0.29, 0.717) is 34.4 Å². The van der Waals surface area contributed by atoms with E-state index in [1.807, 2.05) is 13.0 Å². The van der Waals surface area contributed by atoms with Crippen molar-refractivity contribution in [2.24, 2.45) is 11.8 Å². The molecule has 5 aliphatic rings. The van der Waals surface area contributed by atoms with Gasteiger partial charge in [-0.1, -0.05) is 17.7 Å². The molecule has 0 unspecified atom stereocenters. The quantitative estimate of drug-likeness (QED) is 0.652. The fraction of sp³-hybridized carbons (Fsp3) is 0.375. The van der Waals surface area contributed by atoms with Crippen molar-refractivity contribution >= 4 is 40.7 Å². The zero-order valence-corrected chi connectivity index (χ0v) is 18.5. The molecule has 3 saturated heterocycles. The summed E-state index contributed by atoms with van der Waals surface area (Å²) in [6, 6.07) is 8.49. The summed E-state index contributed by atoms with van der Waals surface area (Å²) >= 11 is 6.34. The lowest BCUT2D eigenvalue weighted by atomic mass is 9.75. The van der Waals surface area contributed by atoms with Crippen molar-refractivity contribution in [3.05, 3.63) is 46.5 Å². The standard InChI is InChI=1S/C24H20ClN3O5/c1-11-14(25)6-5-13-20(11)26-23(31)24(13)19-18(15-3-2-8-27(15)24)21(29)28(22(19)30)12-4-7-16-17(9-12)33-10-32-16/h4-7,9,15,18-19H,2-3,8,10H2,1H3,(H,26,31)/t15-,18-,19-,24-/m1/s1. The number of fused-ring (bicyclic) bond motifs is 8. The number of carbonyl (C=O) groups excluding carboxylic acids is 3. The van der Waals surface area contributed by atoms with Gasteiger partial charge >= 0.3 is 0 Å². The molecule has 1 spiro atoms. The Hall–Kier alpha value is -3.10. The van der Waals surface area contributed by atoms with Gasteiger partial charge in [0.2, 0.25) is 24.5 Å². The topological polar surface area (TPSA) is 88.2 Å². The lowest BCUT2D eigenvalue weighted by Crippen LogP contribution is -2.54. The number of rotatable bonds is 1. The van der Waals surface area contributed by atoms with Crippen LogP contribution in [0.1, 0.15) is 24.0 Å². The maximum absolute atomic E-state index is 14.0. The van der Waals surface area contributed by atoms with E-state index in [4.69, 9.17) is 21.1 Å². The van der Waals surface area contributed by atoms with E-state index in [1.165, 1.54) is 4.90 Å². The molecule has 3 amide bonds. The third kappa shape index (κ3) is 2.14. The first-order valence-corrected chi connectivity index (χ1v) is 11.5. The second kappa shape index (κ2) is 6.27. The molecule has 5 aliphatic heterocycles. The van der Waals surface area contributed by atoms with Gasteiger partial charge in [-0.25, -0.2) is 4.90 Å². The second-order valence-electron chi connectivity index (χ2n) is 9.27. The number of anilines is 2. The molecule has 2 aromatic carbocycles. The average molecular weight is 466 g/mol. The molecule has 9 heteroatoms. The first-order chi connectivity index (χ1) is 15.9. The van der Waals surface area contributed by atoms with Gasteiger partial charge in [0.25, 0.3) is 0 Å². The molecule has 0 saturated carbocycles. The third-order valence-corrected chi connectivity index (χ3v) is 8.39. The Balaban J connectivity index is 1.41. The van der Waals surface area contributed by atoms with Crippen LogP contribution in [0.2, 0.25) is 5.02 Å². The third-order valence-electron chi connectivity index (χ3n) is 7.98. The van der Waals surface area contributed by atoms with E-state index < -0.39 is 17.4 Å². The molecular formula is C24H20ClN3O5. The highest BCUT2D eigenvalue weighted by atomic mass is 35.5. The number of halogens is 1. The van der Waals surface area contributed by atoms with Crippen LogP contribution < -0.4 is 19.7 Å². The number of amides is 3. The Morgan fingerprint density at radius 2 is 1.91 bits per heavy atom. The molecule has 0 radical (unpaired) electrons. The summed E-state index contributed by atoms with van der Waals surface area (Å²) in [6.45, 7) is 2.62. The maximum atomic E-state index is 14.0. The number of benzene rings is 2. The van der Waals surface area contributed by atoms with Gasteiger partial charge in [0.15, 0.2) is 11.5 Å².